The van der Waals surface area contributed by atoms with Gasteiger partial charge >= 0.3 is 5.97 Å². The molecule has 1 aromatic carbocycles. The lowest BCUT2D eigenvalue weighted by atomic mass is 10.1. The Hall–Kier alpha value is -2.14. The number of hydrogen-bond acceptors (Lipinski definition) is 3. The smallest absolute Gasteiger partial charge is 0.331 e. The summed E-state index contributed by atoms with van der Waals surface area (Å²) in [6, 6.07) is 8.45. The number of aliphatic carboxylic acids is 1. The molecule has 0 radical (unpaired) electrons. The average molecular weight is 263 g/mol. The number of benzene rings is 1. The van der Waals surface area contributed by atoms with Crippen molar-refractivity contribution < 1.29 is 19.8 Å². The van der Waals surface area contributed by atoms with E-state index in [9.17, 15) is 14.7 Å². The number of nitrogens with one attached hydrogen (secondary N) is 1. The SMILES string of the molecule is C/C(C(=O)O)=C(/C)C(=O)N[C@@H](CO)c1ccccc1. The van der Waals surface area contributed by atoms with Gasteiger partial charge in [-0.05, 0) is 19.4 Å². The Morgan fingerprint density at radius 1 is 1.16 bits per heavy atom. The Morgan fingerprint density at radius 3 is 2.21 bits per heavy atom. The Morgan fingerprint density at radius 2 is 1.74 bits per heavy atom. The summed E-state index contributed by atoms with van der Waals surface area (Å²) in [6.45, 7) is 2.56. The zero-order valence-corrected chi connectivity index (χ0v) is 10.9. The summed E-state index contributed by atoms with van der Waals surface area (Å²) < 4.78 is 0. The molecular weight excluding hydrogens is 246 g/mol. The number of aliphatic hydroxyl groups is 1. The molecule has 0 aromatic heterocycles. The van der Waals surface area contributed by atoms with Crippen LogP contribution in [-0.4, -0.2) is 28.7 Å². The third kappa shape index (κ3) is 3.93. The fraction of sp³-hybridized carbons (Fsp3) is 0.286. The van der Waals surface area contributed by atoms with Crippen molar-refractivity contribution in [2.45, 2.75) is 19.9 Å². The first-order chi connectivity index (χ1) is 8.97. The minimum atomic E-state index is -1.13. The molecule has 0 aliphatic carbocycles. The van der Waals surface area contributed by atoms with E-state index in [0.717, 1.165) is 5.56 Å². The monoisotopic (exact) mass is 263 g/mol. The number of carbonyl (C=O) groups is 2. The molecule has 0 bridgehead atoms. The molecule has 5 nitrogen and oxygen atoms in total. The molecular formula is C14H17NO4. The molecule has 1 rings (SSSR count). The summed E-state index contributed by atoms with van der Waals surface area (Å²) in [4.78, 5) is 22.7. The number of aliphatic hydroxyl groups excluding tert-OH is 1. The average Bonchev–Trinajstić information content (AvgIpc) is 2.43. The van der Waals surface area contributed by atoms with Gasteiger partial charge in [-0.15, -0.1) is 0 Å². The molecule has 1 atom stereocenters. The number of carbonyl (C=O) groups excluding carboxylic acids is 1. The van der Waals surface area contributed by atoms with E-state index in [0.29, 0.717) is 0 Å². The molecule has 19 heavy (non-hydrogen) atoms. The van der Waals surface area contributed by atoms with E-state index in [-0.39, 0.29) is 17.8 Å². The highest BCUT2D eigenvalue weighted by atomic mass is 16.4. The fourth-order valence-electron chi connectivity index (χ4n) is 1.52. The number of hydrogen-bond donors (Lipinski definition) is 3. The van der Waals surface area contributed by atoms with Gasteiger partial charge < -0.3 is 15.5 Å². The second-order valence-corrected chi connectivity index (χ2v) is 4.17. The highest BCUT2D eigenvalue weighted by Gasteiger charge is 2.17. The third-order valence-electron chi connectivity index (χ3n) is 2.91. The summed E-state index contributed by atoms with van der Waals surface area (Å²) in [5.74, 6) is -1.63. The second-order valence-electron chi connectivity index (χ2n) is 4.17. The number of amides is 1. The van der Waals surface area contributed by atoms with Crippen molar-refractivity contribution in [3.05, 3.63) is 47.0 Å². The fourth-order valence-corrected chi connectivity index (χ4v) is 1.52. The lowest BCUT2D eigenvalue weighted by Gasteiger charge is -2.17. The van der Waals surface area contributed by atoms with Crippen LogP contribution in [0.3, 0.4) is 0 Å². The molecule has 0 saturated carbocycles. The van der Waals surface area contributed by atoms with Crippen molar-refractivity contribution in [3.63, 3.8) is 0 Å². The minimum absolute atomic E-state index is 0.0118. The van der Waals surface area contributed by atoms with Gasteiger partial charge in [0.15, 0.2) is 0 Å². The van der Waals surface area contributed by atoms with Crippen LogP contribution < -0.4 is 5.32 Å². The number of rotatable bonds is 5. The highest BCUT2D eigenvalue weighted by molar-refractivity contribution is 6.01. The lowest BCUT2D eigenvalue weighted by Crippen LogP contribution is -2.32. The normalized spacial score (nSPS) is 13.4. The number of carboxylic acids is 1. The standard InChI is InChI=1S/C14H17NO4/c1-9(10(2)14(18)19)13(17)15-12(8-16)11-6-4-3-5-7-11/h3-7,12,16H,8H2,1-2H3,(H,15,17)(H,18,19)/b10-9+/t12-/m0/s1. The molecule has 0 aliphatic heterocycles. The Labute approximate surface area is 111 Å². The molecule has 3 N–H and O–H groups in total. The zero-order valence-electron chi connectivity index (χ0n) is 10.9. The van der Waals surface area contributed by atoms with E-state index < -0.39 is 17.9 Å². The van der Waals surface area contributed by atoms with Crippen molar-refractivity contribution in [3.8, 4) is 0 Å². The predicted octanol–water partition coefficient (Wildman–Crippen LogP) is 1.26. The topological polar surface area (TPSA) is 86.6 Å². The van der Waals surface area contributed by atoms with Crippen molar-refractivity contribution >= 4 is 11.9 Å². The molecule has 0 fully saturated rings. The van der Waals surface area contributed by atoms with E-state index in [1.165, 1.54) is 13.8 Å². The summed E-state index contributed by atoms with van der Waals surface area (Å²) in [5.41, 5.74) is 0.878. The van der Waals surface area contributed by atoms with Crippen molar-refractivity contribution in [1.29, 1.82) is 0 Å². The first kappa shape index (κ1) is 14.9. The van der Waals surface area contributed by atoms with Crippen LogP contribution in [-0.2, 0) is 9.59 Å². The van der Waals surface area contributed by atoms with Crippen LogP contribution >= 0.6 is 0 Å². The van der Waals surface area contributed by atoms with E-state index in [4.69, 9.17) is 5.11 Å². The van der Waals surface area contributed by atoms with Gasteiger partial charge in [-0.2, -0.15) is 0 Å². The molecule has 0 unspecified atom stereocenters. The maximum absolute atomic E-state index is 11.9. The largest absolute Gasteiger partial charge is 0.478 e. The van der Waals surface area contributed by atoms with Gasteiger partial charge in [-0.1, -0.05) is 30.3 Å². The Balaban J connectivity index is 2.86. The van der Waals surface area contributed by atoms with Gasteiger partial charge in [0, 0.05) is 11.1 Å². The highest BCUT2D eigenvalue weighted by Crippen LogP contribution is 2.13. The van der Waals surface area contributed by atoms with Crippen LogP contribution in [0.15, 0.2) is 41.5 Å². The van der Waals surface area contributed by atoms with Gasteiger partial charge in [-0.3, -0.25) is 4.79 Å². The maximum Gasteiger partial charge on any atom is 0.331 e. The molecule has 1 aromatic rings. The summed E-state index contributed by atoms with van der Waals surface area (Å²) in [6.07, 6.45) is 0. The minimum Gasteiger partial charge on any atom is -0.478 e. The van der Waals surface area contributed by atoms with Crippen LogP contribution in [0.5, 0.6) is 0 Å². The molecule has 5 heteroatoms. The Bertz CT molecular complexity index is 493. The number of carboxylic acid groups (broad SMARTS) is 1. The summed E-state index contributed by atoms with van der Waals surface area (Å²) in [7, 11) is 0. The molecule has 1 amide bonds. The van der Waals surface area contributed by atoms with E-state index in [1.54, 1.807) is 24.3 Å². The Kier molecular flexibility index (Phi) is 5.26. The van der Waals surface area contributed by atoms with Gasteiger partial charge in [0.1, 0.15) is 0 Å². The van der Waals surface area contributed by atoms with E-state index >= 15 is 0 Å². The summed E-state index contributed by atoms with van der Waals surface area (Å²) in [5, 5.41) is 20.7. The first-order valence-electron chi connectivity index (χ1n) is 5.84. The van der Waals surface area contributed by atoms with Crippen molar-refractivity contribution in [2.24, 2.45) is 0 Å². The molecule has 0 heterocycles. The first-order valence-corrected chi connectivity index (χ1v) is 5.84. The molecule has 0 spiro atoms. The van der Waals surface area contributed by atoms with E-state index in [1.807, 2.05) is 6.07 Å². The van der Waals surface area contributed by atoms with Gasteiger partial charge in [0.05, 0.1) is 12.6 Å². The molecule has 102 valence electrons. The lowest BCUT2D eigenvalue weighted by molar-refractivity contribution is -0.133. The van der Waals surface area contributed by atoms with Crippen LogP contribution in [0, 0.1) is 0 Å². The molecule has 0 saturated heterocycles. The summed E-state index contributed by atoms with van der Waals surface area (Å²) >= 11 is 0. The van der Waals surface area contributed by atoms with Gasteiger partial charge in [-0.25, -0.2) is 4.79 Å². The predicted molar refractivity (Wildman–Crippen MR) is 70.4 cm³/mol. The zero-order chi connectivity index (χ0) is 14.4. The van der Waals surface area contributed by atoms with Gasteiger partial charge in [0.2, 0.25) is 5.91 Å². The second kappa shape index (κ2) is 6.70. The third-order valence-corrected chi connectivity index (χ3v) is 2.91. The van der Waals surface area contributed by atoms with E-state index in [2.05, 4.69) is 5.32 Å². The van der Waals surface area contributed by atoms with Crippen LogP contribution in [0.2, 0.25) is 0 Å². The maximum atomic E-state index is 11.9. The van der Waals surface area contributed by atoms with Crippen molar-refractivity contribution in [1.82, 2.24) is 5.32 Å². The molecule has 0 aliphatic rings. The van der Waals surface area contributed by atoms with Crippen LogP contribution in [0.1, 0.15) is 25.5 Å². The van der Waals surface area contributed by atoms with Crippen molar-refractivity contribution in [2.75, 3.05) is 6.61 Å². The van der Waals surface area contributed by atoms with Crippen LogP contribution in [0.4, 0.5) is 0 Å². The van der Waals surface area contributed by atoms with Crippen LogP contribution in [0.25, 0.3) is 0 Å². The van der Waals surface area contributed by atoms with Gasteiger partial charge in [0.25, 0.3) is 0 Å². The quantitative estimate of drug-likeness (QED) is 0.698.